The smallest absolute Gasteiger partial charge is 0.0323 e. The second-order valence-electron chi connectivity index (χ2n) is 5.20. The van der Waals surface area contributed by atoms with Crippen LogP contribution in [-0.2, 0) is 6.54 Å². The van der Waals surface area contributed by atoms with Crippen LogP contribution in [-0.4, -0.2) is 4.98 Å². The Kier molecular flexibility index (Phi) is 6.25. The van der Waals surface area contributed by atoms with E-state index in [1.807, 2.05) is 18.5 Å². The molecule has 0 amide bonds. The third kappa shape index (κ3) is 4.78. The summed E-state index contributed by atoms with van der Waals surface area (Å²) in [6.45, 7) is 3.13. The quantitative estimate of drug-likeness (QED) is 0.713. The maximum Gasteiger partial charge on any atom is 0.0323 e. The SMILES string of the molecule is CCCCCC(NCc1cccnc1)c1ccccc1. The highest BCUT2D eigenvalue weighted by Crippen LogP contribution is 2.20. The fourth-order valence-electron chi connectivity index (χ4n) is 2.41. The molecule has 1 aromatic heterocycles. The Hall–Kier alpha value is -1.67. The van der Waals surface area contributed by atoms with E-state index < -0.39 is 0 Å². The minimum Gasteiger partial charge on any atom is -0.306 e. The maximum absolute atomic E-state index is 4.17. The number of nitrogens with zero attached hydrogens (tertiary/aromatic N) is 1. The predicted molar refractivity (Wildman–Crippen MR) is 84.4 cm³/mol. The summed E-state index contributed by atoms with van der Waals surface area (Å²) in [5.41, 5.74) is 2.62. The summed E-state index contributed by atoms with van der Waals surface area (Å²) in [6.07, 6.45) is 8.79. The Morgan fingerprint density at radius 1 is 1.05 bits per heavy atom. The first-order valence-corrected chi connectivity index (χ1v) is 7.57. The lowest BCUT2D eigenvalue weighted by Gasteiger charge is -2.19. The number of benzene rings is 1. The molecule has 0 saturated carbocycles. The third-order valence-electron chi connectivity index (χ3n) is 3.57. The molecule has 0 bridgehead atoms. The summed E-state index contributed by atoms with van der Waals surface area (Å²) in [5.74, 6) is 0. The number of aromatic nitrogens is 1. The average Bonchev–Trinajstić information content (AvgIpc) is 2.52. The van der Waals surface area contributed by atoms with Crippen LogP contribution >= 0.6 is 0 Å². The number of nitrogens with one attached hydrogen (secondary N) is 1. The summed E-state index contributed by atoms with van der Waals surface area (Å²) in [5, 5.41) is 3.67. The predicted octanol–water partition coefficient (Wildman–Crippen LogP) is 4.49. The fourth-order valence-corrected chi connectivity index (χ4v) is 2.41. The van der Waals surface area contributed by atoms with Crippen LogP contribution in [0.2, 0.25) is 0 Å². The van der Waals surface area contributed by atoms with Gasteiger partial charge in [0, 0.05) is 25.0 Å². The van der Waals surface area contributed by atoms with Crippen LogP contribution < -0.4 is 5.32 Å². The number of unbranched alkanes of at least 4 members (excludes halogenated alkanes) is 2. The van der Waals surface area contributed by atoms with Gasteiger partial charge in [-0.2, -0.15) is 0 Å². The van der Waals surface area contributed by atoms with Crippen LogP contribution in [0.4, 0.5) is 0 Å². The molecule has 0 aliphatic heterocycles. The molecule has 1 heterocycles. The molecule has 0 aliphatic rings. The van der Waals surface area contributed by atoms with Crippen molar-refractivity contribution in [1.82, 2.24) is 10.3 Å². The summed E-state index contributed by atoms with van der Waals surface area (Å²) in [7, 11) is 0. The van der Waals surface area contributed by atoms with E-state index >= 15 is 0 Å². The molecule has 20 heavy (non-hydrogen) atoms. The Morgan fingerprint density at radius 3 is 2.60 bits per heavy atom. The minimum atomic E-state index is 0.433. The van der Waals surface area contributed by atoms with Gasteiger partial charge < -0.3 is 5.32 Å². The summed E-state index contributed by atoms with van der Waals surface area (Å²) >= 11 is 0. The van der Waals surface area contributed by atoms with E-state index in [0.29, 0.717) is 6.04 Å². The number of hydrogen-bond acceptors (Lipinski definition) is 2. The zero-order chi connectivity index (χ0) is 14.0. The van der Waals surface area contributed by atoms with E-state index in [0.717, 1.165) is 6.54 Å². The van der Waals surface area contributed by atoms with Crippen molar-refractivity contribution in [3.8, 4) is 0 Å². The first-order valence-electron chi connectivity index (χ1n) is 7.57. The lowest BCUT2D eigenvalue weighted by Crippen LogP contribution is -2.21. The maximum atomic E-state index is 4.17. The lowest BCUT2D eigenvalue weighted by atomic mass is 10.00. The number of pyridine rings is 1. The van der Waals surface area contributed by atoms with Gasteiger partial charge in [0.25, 0.3) is 0 Å². The molecule has 0 radical (unpaired) electrons. The molecule has 1 N–H and O–H groups in total. The van der Waals surface area contributed by atoms with E-state index in [2.05, 4.69) is 53.6 Å². The van der Waals surface area contributed by atoms with Gasteiger partial charge in [-0.3, -0.25) is 4.98 Å². The van der Waals surface area contributed by atoms with E-state index in [-0.39, 0.29) is 0 Å². The molecular formula is C18H24N2. The summed E-state index contributed by atoms with van der Waals surface area (Å²) < 4.78 is 0. The summed E-state index contributed by atoms with van der Waals surface area (Å²) in [4.78, 5) is 4.17. The molecule has 0 fully saturated rings. The van der Waals surface area contributed by atoms with Crippen molar-refractivity contribution >= 4 is 0 Å². The second-order valence-corrected chi connectivity index (χ2v) is 5.20. The number of rotatable bonds is 8. The lowest BCUT2D eigenvalue weighted by molar-refractivity contribution is 0.473. The molecule has 1 unspecified atom stereocenters. The number of hydrogen-bond donors (Lipinski definition) is 1. The van der Waals surface area contributed by atoms with E-state index in [9.17, 15) is 0 Å². The van der Waals surface area contributed by atoms with Gasteiger partial charge in [0.1, 0.15) is 0 Å². The Morgan fingerprint density at radius 2 is 1.90 bits per heavy atom. The van der Waals surface area contributed by atoms with Crippen molar-refractivity contribution < 1.29 is 0 Å². The van der Waals surface area contributed by atoms with E-state index in [4.69, 9.17) is 0 Å². The van der Waals surface area contributed by atoms with Crippen LogP contribution in [0.25, 0.3) is 0 Å². The van der Waals surface area contributed by atoms with Crippen molar-refractivity contribution in [2.24, 2.45) is 0 Å². The largest absolute Gasteiger partial charge is 0.306 e. The molecule has 0 aliphatic carbocycles. The normalized spacial score (nSPS) is 12.2. The van der Waals surface area contributed by atoms with Gasteiger partial charge in [0.15, 0.2) is 0 Å². The Bertz CT molecular complexity index is 467. The van der Waals surface area contributed by atoms with E-state index in [1.165, 1.54) is 36.8 Å². The average molecular weight is 268 g/mol. The van der Waals surface area contributed by atoms with Crippen LogP contribution in [0, 0.1) is 0 Å². The molecule has 1 atom stereocenters. The van der Waals surface area contributed by atoms with Crippen molar-refractivity contribution in [2.75, 3.05) is 0 Å². The first-order chi connectivity index (χ1) is 9.90. The van der Waals surface area contributed by atoms with Crippen molar-refractivity contribution in [3.05, 3.63) is 66.0 Å². The van der Waals surface area contributed by atoms with Crippen LogP contribution in [0.1, 0.15) is 49.8 Å². The zero-order valence-electron chi connectivity index (χ0n) is 12.3. The van der Waals surface area contributed by atoms with Crippen molar-refractivity contribution in [1.29, 1.82) is 0 Å². The van der Waals surface area contributed by atoms with Crippen molar-refractivity contribution in [2.45, 2.75) is 45.2 Å². The first kappa shape index (κ1) is 14.7. The van der Waals surface area contributed by atoms with Gasteiger partial charge in [0.2, 0.25) is 0 Å². The van der Waals surface area contributed by atoms with Gasteiger partial charge in [-0.05, 0) is 23.6 Å². The van der Waals surface area contributed by atoms with Crippen molar-refractivity contribution in [3.63, 3.8) is 0 Å². The molecule has 2 rings (SSSR count). The topological polar surface area (TPSA) is 24.9 Å². The monoisotopic (exact) mass is 268 g/mol. The molecular weight excluding hydrogens is 244 g/mol. The molecule has 1 aromatic carbocycles. The molecule has 2 aromatic rings. The van der Waals surface area contributed by atoms with Gasteiger partial charge in [-0.1, -0.05) is 62.6 Å². The zero-order valence-corrected chi connectivity index (χ0v) is 12.3. The van der Waals surface area contributed by atoms with Gasteiger partial charge in [0.05, 0.1) is 0 Å². The highest BCUT2D eigenvalue weighted by atomic mass is 14.9. The van der Waals surface area contributed by atoms with Crippen LogP contribution in [0.5, 0.6) is 0 Å². The minimum absolute atomic E-state index is 0.433. The third-order valence-corrected chi connectivity index (χ3v) is 3.57. The molecule has 0 saturated heterocycles. The van der Waals surface area contributed by atoms with Crippen LogP contribution in [0.3, 0.4) is 0 Å². The molecule has 2 nitrogen and oxygen atoms in total. The molecule has 0 spiro atoms. The fraction of sp³-hybridized carbons (Fsp3) is 0.389. The Labute approximate surface area is 122 Å². The Balaban J connectivity index is 1.95. The summed E-state index contributed by atoms with van der Waals surface area (Å²) in [6, 6.07) is 15.3. The highest BCUT2D eigenvalue weighted by molar-refractivity contribution is 5.19. The van der Waals surface area contributed by atoms with Gasteiger partial charge in [-0.15, -0.1) is 0 Å². The second kappa shape index (κ2) is 8.49. The highest BCUT2D eigenvalue weighted by Gasteiger charge is 2.10. The molecule has 106 valence electrons. The molecule has 2 heteroatoms. The van der Waals surface area contributed by atoms with E-state index in [1.54, 1.807) is 0 Å². The standard InChI is InChI=1S/C18H24N2/c1-2-3-5-12-18(17-10-6-4-7-11-17)20-15-16-9-8-13-19-14-16/h4,6-11,13-14,18,20H,2-3,5,12,15H2,1H3. The van der Waals surface area contributed by atoms with Gasteiger partial charge >= 0.3 is 0 Å². The van der Waals surface area contributed by atoms with Gasteiger partial charge in [-0.25, -0.2) is 0 Å². The van der Waals surface area contributed by atoms with Crippen LogP contribution in [0.15, 0.2) is 54.9 Å².